The second kappa shape index (κ2) is 8.71. The fourth-order valence-corrected chi connectivity index (χ4v) is 4.29. The molecule has 0 radical (unpaired) electrons. The maximum atomic E-state index is 12.7. The number of benzene rings is 2. The van der Waals surface area contributed by atoms with E-state index in [1.165, 1.54) is 29.8 Å². The van der Waals surface area contributed by atoms with E-state index in [1.807, 2.05) is 30.3 Å². The summed E-state index contributed by atoms with van der Waals surface area (Å²) >= 11 is 7.16. The number of carbonyl (C=O) groups is 2. The van der Waals surface area contributed by atoms with Crippen LogP contribution in [0.1, 0.15) is 31.2 Å². The second-order valence-corrected chi connectivity index (χ2v) is 8.05. The molecule has 4 aromatic rings. The molecule has 0 saturated heterocycles. The van der Waals surface area contributed by atoms with Crippen LogP contribution in [0.4, 0.5) is 11.5 Å². The van der Waals surface area contributed by atoms with Gasteiger partial charge in [-0.3, -0.25) is 0 Å². The van der Waals surface area contributed by atoms with Crippen LogP contribution >= 0.6 is 22.9 Å². The minimum atomic E-state index is -1.13. The number of hydrogen-bond acceptors (Lipinski definition) is 7. The molecule has 9 heteroatoms. The lowest BCUT2D eigenvalue weighted by Gasteiger charge is -2.09. The van der Waals surface area contributed by atoms with E-state index in [0.29, 0.717) is 32.2 Å². The summed E-state index contributed by atoms with van der Waals surface area (Å²) in [6.45, 7) is 1.98. The zero-order valence-electron chi connectivity index (χ0n) is 16.3. The number of nitrogens with zero attached hydrogens (tertiary/aromatic N) is 2. The number of esters is 1. The number of aromatic carboxylic acids is 1. The number of nitrogens with one attached hydrogen (secondary N) is 1. The molecule has 0 bridgehead atoms. The first-order valence-electron chi connectivity index (χ1n) is 9.19. The van der Waals surface area contributed by atoms with Crippen molar-refractivity contribution in [2.45, 2.75) is 13.5 Å². The van der Waals surface area contributed by atoms with Crippen molar-refractivity contribution in [2.75, 3.05) is 5.32 Å². The summed E-state index contributed by atoms with van der Waals surface area (Å²) in [4.78, 5) is 33.6. The maximum absolute atomic E-state index is 12.7. The maximum Gasteiger partial charge on any atom is 0.349 e. The summed E-state index contributed by atoms with van der Waals surface area (Å²) in [6, 6.07) is 14.0. The van der Waals surface area contributed by atoms with Gasteiger partial charge in [-0.1, -0.05) is 41.9 Å². The molecule has 0 amide bonds. The van der Waals surface area contributed by atoms with Crippen LogP contribution in [0, 0.1) is 6.92 Å². The average molecular weight is 454 g/mol. The Morgan fingerprint density at radius 1 is 1.16 bits per heavy atom. The fraction of sp³-hybridized carbons (Fsp3) is 0.0909. The quantitative estimate of drug-likeness (QED) is 0.374. The number of aromatic nitrogens is 2. The molecule has 0 fully saturated rings. The number of hydrogen-bond donors (Lipinski definition) is 2. The monoisotopic (exact) mass is 453 g/mol. The Hall–Kier alpha value is -3.49. The van der Waals surface area contributed by atoms with Gasteiger partial charge in [0.05, 0.1) is 16.0 Å². The van der Waals surface area contributed by atoms with E-state index in [2.05, 4.69) is 15.3 Å². The van der Waals surface area contributed by atoms with E-state index in [-0.39, 0.29) is 17.2 Å². The third kappa shape index (κ3) is 4.35. The van der Waals surface area contributed by atoms with Crippen molar-refractivity contribution in [1.82, 2.24) is 9.97 Å². The molecule has 0 spiro atoms. The second-order valence-electron chi connectivity index (χ2n) is 6.65. The molecular formula is C22H16ClN3O4S. The van der Waals surface area contributed by atoms with Gasteiger partial charge in [-0.05, 0) is 36.2 Å². The van der Waals surface area contributed by atoms with Gasteiger partial charge in [0, 0.05) is 5.69 Å². The minimum absolute atomic E-state index is 0.0239. The van der Waals surface area contributed by atoms with Crippen LogP contribution < -0.4 is 5.32 Å². The van der Waals surface area contributed by atoms with Crippen molar-refractivity contribution >= 4 is 56.6 Å². The lowest BCUT2D eigenvalue weighted by molar-refractivity contribution is 0.0477. The fourth-order valence-electron chi connectivity index (χ4n) is 3.05. The van der Waals surface area contributed by atoms with Gasteiger partial charge >= 0.3 is 11.9 Å². The first-order chi connectivity index (χ1) is 14.9. The van der Waals surface area contributed by atoms with Gasteiger partial charge in [-0.25, -0.2) is 19.6 Å². The molecule has 2 aromatic carbocycles. The number of rotatable bonds is 6. The highest BCUT2D eigenvalue weighted by molar-refractivity contribution is 7.20. The van der Waals surface area contributed by atoms with Gasteiger partial charge in [-0.2, -0.15) is 0 Å². The van der Waals surface area contributed by atoms with E-state index < -0.39 is 11.9 Å². The molecule has 0 unspecified atom stereocenters. The highest BCUT2D eigenvalue weighted by Crippen LogP contribution is 2.35. The molecule has 0 atom stereocenters. The Morgan fingerprint density at radius 2 is 1.94 bits per heavy atom. The molecule has 156 valence electrons. The zero-order chi connectivity index (χ0) is 22.0. The standard InChI is InChI=1S/C22H16ClN3O4S/c1-12-17-19(26-14-7-8-16(23)15(9-14)21(27)28)24-11-25-20(17)31-18(12)22(29)30-10-13-5-3-2-4-6-13/h2-9,11H,10H2,1H3,(H,27,28)(H,24,25,26). The van der Waals surface area contributed by atoms with Crippen LogP contribution in [0.5, 0.6) is 0 Å². The number of carboxylic acid groups (broad SMARTS) is 1. The molecule has 2 N–H and O–H groups in total. The minimum Gasteiger partial charge on any atom is -0.478 e. The Morgan fingerprint density at radius 3 is 2.68 bits per heavy atom. The third-order valence-electron chi connectivity index (χ3n) is 4.58. The highest BCUT2D eigenvalue weighted by Gasteiger charge is 2.21. The smallest absolute Gasteiger partial charge is 0.349 e. The van der Waals surface area contributed by atoms with Gasteiger partial charge in [0.15, 0.2) is 0 Å². The Labute approximate surface area is 186 Å². The van der Waals surface area contributed by atoms with Gasteiger partial charge in [-0.15, -0.1) is 11.3 Å². The number of carbonyl (C=O) groups excluding carboxylic acids is 1. The number of anilines is 2. The molecule has 31 heavy (non-hydrogen) atoms. The summed E-state index contributed by atoms with van der Waals surface area (Å²) in [5, 5.41) is 13.2. The summed E-state index contributed by atoms with van der Waals surface area (Å²) < 4.78 is 5.46. The molecule has 0 saturated carbocycles. The van der Waals surface area contributed by atoms with Crippen molar-refractivity contribution in [3.8, 4) is 0 Å². The van der Waals surface area contributed by atoms with E-state index in [0.717, 1.165) is 5.56 Å². The van der Waals surface area contributed by atoms with Crippen LogP contribution in [-0.4, -0.2) is 27.0 Å². The summed E-state index contributed by atoms with van der Waals surface area (Å²) in [6.07, 6.45) is 1.38. The van der Waals surface area contributed by atoms with Crippen LogP contribution in [0.15, 0.2) is 54.9 Å². The predicted octanol–water partition coefficient (Wildman–Crippen LogP) is 5.45. The van der Waals surface area contributed by atoms with E-state index in [1.54, 1.807) is 13.0 Å². The topological polar surface area (TPSA) is 101 Å². The van der Waals surface area contributed by atoms with E-state index in [4.69, 9.17) is 16.3 Å². The first-order valence-corrected chi connectivity index (χ1v) is 10.4. The first kappa shape index (κ1) is 20.8. The van der Waals surface area contributed by atoms with Crippen LogP contribution in [0.3, 0.4) is 0 Å². The third-order valence-corrected chi connectivity index (χ3v) is 6.09. The van der Waals surface area contributed by atoms with Gasteiger partial charge < -0.3 is 15.2 Å². The Balaban J connectivity index is 1.63. The van der Waals surface area contributed by atoms with Crippen molar-refractivity contribution in [1.29, 1.82) is 0 Å². The van der Waals surface area contributed by atoms with Crippen molar-refractivity contribution in [3.63, 3.8) is 0 Å². The van der Waals surface area contributed by atoms with Crippen LogP contribution in [0.2, 0.25) is 5.02 Å². The molecule has 2 aromatic heterocycles. The number of ether oxygens (including phenoxy) is 1. The number of fused-ring (bicyclic) bond motifs is 1. The summed E-state index contributed by atoms with van der Waals surface area (Å²) in [5.41, 5.74) is 2.06. The van der Waals surface area contributed by atoms with Crippen molar-refractivity contribution < 1.29 is 19.4 Å². The Kier molecular flexibility index (Phi) is 5.83. The Bertz CT molecular complexity index is 1290. The lowest BCUT2D eigenvalue weighted by atomic mass is 10.1. The van der Waals surface area contributed by atoms with E-state index >= 15 is 0 Å². The zero-order valence-corrected chi connectivity index (χ0v) is 17.8. The molecule has 4 rings (SSSR count). The van der Waals surface area contributed by atoms with Crippen molar-refractivity contribution in [3.05, 3.63) is 81.4 Å². The van der Waals surface area contributed by atoms with Crippen molar-refractivity contribution in [2.24, 2.45) is 0 Å². The largest absolute Gasteiger partial charge is 0.478 e. The van der Waals surface area contributed by atoms with E-state index in [9.17, 15) is 14.7 Å². The molecule has 0 aliphatic heterocycles. The number of aryl methyl sites for hydroxylation is 1. The number of halogens is 1. The number of thiophene rings is 1. The SMILES string of the molecule is Cc1c(C(=O)OCc2ccccc2)sc2ncnc(Nc3ccc(Cl)c(C(=O)O)c3)c12. The highest BCUT2D eigenvalue weighted by atomic mass is 35.5. The molecule has 2 heterocycles. The van der Waals surface area contributed by atoms with Gasteiger partial charge in [0.1, 0.15) is 28.5 Å². The lowest BCUT2D eigenvalue weighted by Crippen LogP contribution is -2.04. The predicted molar refractivity (Wildman–Crippen MR) is 119 cm³/mol. The molecule has 7 nitrogen and oxygen atoms in total. The van der Waals surface area contributed by atoms with Gasteiger partial charge in [0.2, 0.25) is 0 Å². The normalized spacial score (nSPS) is 10.8. The van der Waals surface area contributed by atoms with Gasteiger partial charge in [0.25, 0.3) is 0 Å². The van der Waals surface area contributed by atoms with Crippen LogP contribution in [0.25, 0.3) is 10.2 Å². The molecule has 0 aliphatic carbocycles. The van der Waals surface area contributed by atoms with Crippen LogP contribution in [-0.2, 0) is 11.3 Å². The summed E-state index contributed by atoms with van der Waals surface area (Å²) in [7, 11) is 0. The molecule has 0 aliphatic rings. The molecular weight excluding hydrogens is 438 g/mol. The number of carboxylic acids is 1. The summed E-state index contributed by atoms with van der Waals surface area (Å²) in [5.74, 6) is -1.11. The average Bonchev–Trinajstić information content (AvgIpc) is 3.11.